The Labute approximate surface area is 172 Å². The van der Waals surface area contributed by atoms with E-state index in [1.807, 2.05) is 44.2 Å². The quantitative estimate of drug-likeness (QED) is 0.800. The summed E-state index contributed by atoms with van der Waals surface area (Å²) in [4.78, 5) is 27.4. The second-order valence-electron chi connectivity index (χ2n) is 7.41. The van der Waals surface area contributed by atoms with Crippen LogP contribution in [-0.4, -0.2) is 37.0 Å². The number of benzene rings is 2. The van der Waals surface area contributed by atoms with Crippen LogP contribution >= 0.6 is 0 Å². The van der Waals surface area contributed by atoms with Gasteiger partial charge in [0.15, 0.2) is 0 Å². The van der Waals surface area contributed by atoms with Crippen molar-refractivity contribution in [2.75, 3.05) is 25.5 Å². The summed E-state index contributed by atoms with van der Waals surface area (Å²) in [6.07, 6.45) is 1.47. The Morgan fingerprint density at radius 3 is 2.66 bits per heavy atom. The number of urea groups is 1. The first-order chi connectivity index (χ1) is 14.0. The van der Waals surface area contributed by atoms with Gasteiger partial charge in [0.1, 0.15) is 5.75 Å². The van der Waals surface area contributed by atoms with Crippen molar-refractivity contribution >= 4 is 17.6 Å². The Morgan fingerprint density at radius 1 is 1.14 bits per heavy atom. The summed E-state index contributed by atoms with van der Waals surface area (Å²) >= 11 is 0. The summed E-state index contributed by atoms with van der Waals surface area (Å²) in [6, 6.07) is 15.4. The summed E-state index contributed by atoms with van der Waals surface area (Å²) in [5.74, 6) is 0.356. The third-order valence-electron chi connectivity index (χ3n) is 5.31. The van der Waals surface area contributed by atoms with Crippen molar-refractivity contribution in [3.8, 4) is 5.75 Å². The van der Waals surface area contributed by atoms with Crippen LogP contribution < -0.4 is 15.4 Å². The smallest absolute Gasteiger partial charge is 0.317 e. The number of carbonyl (C=O) groups excluding carboxylic acids is 2. The van der Waals surface area contributed by atoms with E-state index in [1.54, 1.807) is 18.1 Å². The number of amides is 3. The standard InChI is InChI=1S/C23H29N3O3/c1-4-24-23(28)26-15-18(11-12-21(26)17-8-5-7-16(2)13-17)22(27)25-19-9-6-10-20(14-19)29-3/h5-10,13-14,18,21H,4,11-12,15H2,1-3H3,(H,24,28)(H,25,27). The molecule has 0 saturated carbocycles. The predicted octanol–water partition coefficient (Wildman–Crippen LogP) is 4.12. The van der Waals surface area contributed by atoms with Crippen LogP contribution in [0.1, 0.15) is 36.9 Å². The van der Waals surface area contributed by atoms with Crippen LogP contribution in [0.15, 0.2) is 48.5 Å². The van der Waals surface area contributed by atoms with Gasteiger partial charge in [-0.1, -0.05) is 35.9 Å². The molecule has 3 rings (SSSR count). The molecule has 2 unspecified atom stereocenters. The van der Waals surface area contributed by atoms with Crippen LogP contribution in [0, 0.1) is 12.8 Å². The Balaban J connectivity index is 1.75. The zero-order chi connectivity index (χ0) is 20.8. The average molecular weight is 396 g/mol. The van der Waals surface area contributed by atoms with Crippen molar-refractivity contribution in [1.29, 1.82) is 0 Å². The van der Waals surface area contributed by atoms with Gasteiger partial charge in [-0.05, 0) is 44.4 Å². The zero-order valence-corrected chi connectivity index (χ0v) is 17.3. The lowest BCUT2D eigenvalue weighted by Gasteiger charge is -2.39. The number of methoxy groups -OCH3 is 1. The van der Waals surface area contributed by atoms with Gasteiger partial charge in [-0.3, -0.25) is 4.79 Å². The van der Waals surface area contributed by atoms with E-state index in [0.29, 0.717) is 24.5 Å². The van der Waals surface area contributed by atoms with Crippen LogP contribution in [0.5, 0.6) is 5.75 Å². The van der Waals surface area contributed by atoms with Gasteiger partial charge in [0.25, 0.3) is 0 Å². The van der Waals surface area contributed by atoms with E-state index in [4.69, 9.17) is 4.74 Å². The number of carbonyl (C=O) groups is 2. The molecule has 2 aromatic carbocycles. The van der Waals surface area contributed by atoms with Gasteiger partial charge in [-0.15, -0.1) is 0 Å². The molecule has 0 bridgehead atoms. The van der Waals surface area contributed by atoms with Gasteiger partial charge < -0.3 is 20.3 Å². The fourth-order valence-corrected chi connectivity index (χ4v) is 3.83. The van der Waals surface area contributed by atoms with Gasteiger partial charge in [0.2, 0.25) is 5.91 Å². The normalized spacial score (nSPS) is 18.8. The number of aryl methyl sites for hydroxylation is 1. The number of likely N-dealkylation sites (tertiary alicyclic amines) is 1. The minimum absolute atomic E-state index is 0.0256. The second kappa shape index (κ2) is 9.45. The molecule has 6 nitrogen and oxygen atoms in total. The maximum absolute atomic E-state index is 12.9. The Hall–Kier alpha value is -3.02. The Kier molecular flexibility index (Phi) is 6.75. The highest BCUT2D eigenvalue weighted by Gasteiger charge is 2.35. The molecule has 1 aliphatic rings. The summed E-state index contributed by atoms with van der Waals surface area (Å²) in [5.41, 5.74) is 2.97. The molecular weight excluding hydrogens is 366 g/mol. The highest BCUT2D eigenvalue weighted by molar-refractivity contribution is 5.93. The number of ether oxygens (including phenoxy) is 1. The van der Waals surface area contributed by atoms with Gasteiger partial charge in [0, 0.05) is 24.8 Å². The molecule has 2 aromatic rings. The molecular formula is C23H29N3O3. The number of hydrogen-bond acceptors (Lipinski definition) is 3. The molecule has 1 aliphatic heterocycles. The number of nitrogens with zero attached hydrogens (tertiary/aromatic N) is 1. The summed E-state index contributed by atoms with van der Waals surface area (Å²) in [7, 11) is 1.59. The van der Waals surface area contributed by atoms with Gasteiger partial charge in [0.05, 0.1) is 19.1 Å². The van der Waals surface area contributed by atoms with E-state index in [1.165, 1.54) is 0 Å². The molecule has 0 radical (unpaired) electrons. The molecule has 29 heavy (non-hydrogen) atoms. The van der Waals surface area contributed by atoms with Crippen molar-refractivity contribution in [1.82, 2.24) is 10.2 Å². The van der Waals surface area contributed by atoms with Crippen molar-refractivity contribution in [3.05, 3.63) is 59.7 Å². The van der Waals surface area contributed by atoms with Crippen LogP contribution in [0.2, 0.25) is 0 Å². The maximum Gasteiger partial charge on any atom is 0.317 e. The Morgan fingerprint density at radius 2 is 1.93 bits per heavy atom. The summed E-state index contributed by atoms with van der Waals surface area (Å²) < 4.78 is 5.22. The topological polar surface area (TPSA) is 70.7 Å². The van der Waals surface area contributed by atoms with Crippen LogP contribution in [-0.2, 0) is 4.79 Å². The summed E-state index contributed by atoms with van der Waals surface area (Å²) in [5, 5.41) is 5.86. The lowest BCUT2D eigenvalue weighted by Crippen LogP contribution is -2.49. The third-order valence-corrected chi connectivity index (χ3v) is 5.31. The van der Waals surface area contributed by atoms with E-state index in [9.17, 15) is 9.59 Å². The highest BCUT2D eigenvalue weighted by Crippen LogP contribution is 2.34. The molecule has 0 aromatic heterocycles. The number of anilines is 1. The first-order valence-electron chi connectivity index (χ1n) is 10.1. The molecule has 3 amide bonds. The van der Waals surface area contributed by atoms with E-state index >= 15 is 0 Å². The van der Waals surface area contributed by atoms with Crippen LogP contribution in [0.4, 0.5) is 10.5 Å². The van der Waals surface area contributed by atoms with Gasteiger partial charge in [-0.25, -0.2) is 4.79 Å². The fourth-order valence-electron chi connectivity index (χ4n) is 3.83. The van der Waals surface area contributed by atoms with Gasteiger partial charge >= 0.3 is 6.03 Å². The van der Waals surface area contributed by atoms with Crippen LogP contribution in [0.3, 0.4) is 0 Å². The van der Waals surface area contributed by atoms with E-state index in [-0.39, 0.29) is 23.9 Å². The molecule has 2 N–H and O–H groups in total. The molecule has 0 aliphatic carbocycles. The third kappa shape index (κ3) is 5.08. The Bertz CT molecular complexity index is 868. The van der Waals surface area contributed by atoms with Crippen molar-refractivity contribution < 1.29 is 14.3 Å². The van der Waals surface area contributed by atoms with E-state index in [2.05, 4.69) is 22.8 Å². The van der Waals surface area contributed by atoms with Gasteiger partial charge in [-0.2, -0.15) is 0 Å². The molecule has 1 saturated heterocycles. The minimum atomic E-state index is -0.259. The molecule has 0 spiro atoms. The molecule has 1 fully saturated rings. The monoisotopic (exact) mass is 395 g/mol. The number of piperidine rings is 1. The van der Waals surface area contributed by atoms with Crippen molar-refractivity contribution in [2.45, 2.75) is 32.7 Å². The lowest BCUT2D eigenvalue weighted by atomic mass is 9.88. The molecule has 6 heteroatoms. The highest BCUT2D eigenvalue weighted by atomic mass is 16.5. The maximum atomic E-state index is 12.9. The van der Waals surface area contributed by atoms with E-state index in [0.717, 1.165) is 24.0 Å². The number of hydrogen-bond donors (Lipinski definition) is 2. The number of rotatable bonds is 5. The second-order valence-corrected chi connectivity index (χ2v) is 7.41. The largest absolute Gasteiger partial charge is 0.497 e. The van der Waals surface area contributed by atoms with Crippen molar-refractivity contribution in [2.24, 2.45) is 5.92 Å². The predicted molar refractivity (Wildman–Crippen MR) is 114 cm³/mol. The average Bonchev–Trinajstić information content (AvgIpc) is 2.73. The van der Waals surface area contributed by atoms with Crippen molar-refractivity contribution in [3.63, 3.8) is 0 Å². The molecule has 1 heterocycles. The lowest BCUT2D eigenvalue weighted by molar-refractivity contribution is -0.121. The fraction of sp³-hybridized carbons (Fsp3) is 0.391. The first kappa shape index (κ1) is 20.7. The SMILES string of the molecule is CCNC(=O)N1CC(C(=O)Nc2cccc(OC)c2)CCC1c1cccc(C)c1. The summed E-state index contributed by atoms with van der Waals surface area (Å²) in [6.45, 7) is 4.89. The molecule has 154 valence electrons. The van der Waals surface area contributed by atoms with Crippen LogP contribution in [0.25, 0.3) is 0 Å². The molecule has 2 atom stereocenters. The zero-order valence-electron chi connectivity index (χ0n) is 17.3. The number of nitrogens with one attached hydrogen (secondary N) is 2. The minimum Gasteiger partial charge on any atom is -0.497 e. The van der Waals surface area contributed by atoms with E-state index < -0.39 is 0 Å². The first-order valence-corrected chi connectivity index (χ1v) is 10.1.